The van der Waals surface area contributed by atoms with Crippen molar-refractivity contribution in [2.45, 2.75) is 19.9 Å². The summed E-state index contributed by atoms with van der Waals surface area (Å²) in [5.74, 6) is 1.76. The van der Waals surface area contributed by atoms with Gasteiger partial charge >= 0.3 is 0 Å². The number of methoxy groups -OCH3 is 2. The molecule has 3 nitrogen and oxygen atoms in total. The molecule has 0 atom stereocenters. The maximum atomic E-state index is 6.00. The molecule has 0 heterocycles. The average Bonchev–Trinajstić information content (AvgIpc) is 2.51. The summed E-state index contributed by atoms with van der Waals surface area (Å²) in [5.41, 5.74) is 3.25. The van der Waals surface area contributed by atoms with E-state index in [9.17, 15) is 0 Å². The number of rotatable bonds is 7. The van der Waals surface area contributed by atoms with Crippen molar-refractivity contribution in [3.05, 3.63) is 57.1 Å². The van der Waals surface area contributed by atoms with Crippen molar-refractivity contribution < 1.29 is 9.47 Å². The Hall–Kier alpha value is -1.42. The molecule has 0 radical (unpaired) electrons. The van der Waals surface area contributed by atoms with Crippen LogP contribution in [0, 0.1) is 6.92 Å². The first-order chi connectivity index (χ1) is 11.0. The van der Waals surface area contributed by atoms with E-state index >= 15 is 0 Å². The highest BCUT2D eigenvalue weighted by atomic mass is 35.5. The van der Waals surface area contributed by atoms with Crippen molar-refractivity contribution in [1.82, 2.24) is 5.32 Å². The van der Waals surface area contributed by atoms with Crippen LogP contribution in [0.25, 0.3) is 0 Å². The minimum absolute atomic E-state index is 0.652. The van der Waals surface area contributed by atoms with Gasteiger partial charge in [0.15, 0.2) is 0 Å². The minimum atomic E-state index is 0.652. The lowest BCUT2D eigenvalue weighted by Crippen LogP contribution is -2.17. The Morgan fingerprint density at radius 1 is 0.913 bits per heavy atom. The van der Waals surface area contributed by atoms with Crippen molar-refractivity contribution in [2.75, 3.05) is 20.8 Å². The molecular weight excluding hydrogens is 333 g/mol. The summed E-state index contributed by atoms with van der Waals surface area (Å²) in [6.45, 7) is 3.53. The third-order valence-corrected chi connectivity index (χ3v) is 4.06. The molecule has 0 aromatic heterocycles. The van der Waals surface area contributed by atoms with Gasteiger partial charge in [-0.1, -0.05) is 23.2 Å². The standard InChI is InChI=1S/C18H21Cl2NO2/c1-12-6-18(23-3)14(9-17(12)22-2)4-5-21-11-13-7-15(19)10-16(20)8-13/h6-10,21H,4-5,11H2,1-3H3. The third kappa shape index (κ3) is 5.03. The number of hydrogen-bond donors (Lipinski definition) is 1. The fraction of sp³-hybridized carbons (Fsp3) is 0.333. The van der Waals surface area contributed by atoms with E-state index in [0.29, 0.717) is 16.6 Å². The number of aryl methyl sites for hydroxylation is 1. The van der Waals surface area contributed by atoms with Crippen LogP contribution in [0.2, 0.25) is 10.0 Å². The number of halogens is 2. The van der Waals surface area contributed by atoms with Crippen LogP contribution in [0.1, 0.15) is 16.7 Å². The topological polar surface area (TPSA) is 30.5 Å². The van der Waals surface area contributed by atoms with Crippen molar-refractivity contribution in [1.29, 1.82) is 0 Å². The fourth-order valence-corrected chi connectivity index (χ4v) is 3.05. The van der Waals surface area contributed by atoms with Crippen LogP contribution >= 0.6 is 23.2 Å². The zero-order valence-electron chi connectivity index (χ0n) is 13.6. The van der Waals surface area contributed by atoms with Crippen LogP contribution < -0.4 is 14.8 Å². The van der Waals surface area contributed by atoms with E-state index in [1.54, 1.807) is 20.3 Å². The molecule has 0 aliphatic heterocycles. The molecular formula is C18H21Cl2NO2. The molecule has 0 bridgehead atoms. The number of nitrogens with one attached hydrogen (secondary N) is 1. The van der Waals surface area contributed by atoms with E-state index in [2.05, 4.69) is 5.32 Å². The zero-order chi connectivity index (χ0) is 16.8. The van der Waals surface area contributed by atoms with Gasteiger partial charge in [-0.05, 0) is 66.9 Å². The molecule has 0 fully saturated rings. The summed E-state index contributed by atoms with van der Waals surface area (Å²) in [4.78, 5) is 0. The molecule has 0 saturated heterocycles. The van der Waals surface area contributed by atoms with E-state index in [1.807, 2.05) is 31.2 Å². The average molecular weight is 354 g/mol. The molecule has 0 spiro atoms. The maximum absolute atomic E-state index is 6.00. The Balaban J connectivity index is 1.95. The molecule has 0 amide bonds. The van der Waals surface area contributed by atoms with Crippen LogP contribution in [-0.4, -0.2) is 20.8 Å². The largest absolute Gasteiger partial charge is 0.496 e. The molecule has 0 aliphatic rings. The summed E-state index contributed by atoms with van der Waals surface area (Å²) >= 11 is 12.0. The van der Waals surface area contributed by atoms with Crippen molar-refractivity contribution in [3.8, 4) is 11.5 Å². The van der Waals surface area contributed by atoms with Gasteiger partial charge < -0.3 is 14.8 Å². The second-order valence-corrected chi connectivity index (χ2v) is 6.21. The Bertz CT molecular complexity index is 654. The van der Waals surface area contributed by atoms with Crippen LogP contribution in [-0.2, 0) is 13.0 Å². The van der Waals surface area contributed by atoms with Crippen LogP contribution in [0.3, 0.4) is 0 Å². The molecule has 1 N–H and O–H groups in total. The van der Waals surface area contributed by atoms with Crippen molar-refractivity contribution in [2.24, 2.45) is 0 Å². The lowest BCUT2D eigenvalue weighted by atomic mass is 10.1. The van der Waals surface area contributed by atoms with Gasteiger partial charge in [-0.2, -0.15) is 0 Å². The number of benzene rings is 2. The summed E-state index contributed by atoms with van der Waals surface area (Å²) in [6, 6.07) is 9.60. The highest BCUT2D eigenvalue weighted by Crippen LogP contribution is 2.28. The molecule has 0 unspecified atom stereocenters. The minimum Gasteiger partial charge on any atom is -0.496 e. The monoisotopic (exact) mass is 353 g/mol. The Morgan fingerprint density at radius 2 is 1.57 bits per heavy atom. The van der Waals surface area contributed by atoms with Gasteiger partial charge in [0.1, 0.15) is 11.5 Å². The fourth-order valence-electron chi connectivity index (χ4n) is 2.48. The van der Waals surface area contributed by atoms with Gasteiger partial charge in [0.2, 0.25) is 0 Å². The Morgan fingerprint density at radius 3 is 2.17 bits per heavy atom. The SMILES string of the molecule is COc1cc(CCNCc2cc(Cl)cc(Cl)c2)c(OC)cc1C. The van der Waals surface area contributed by atoms with Gasteiger partial charge in [0.25, 0.3) is 0 Å². The smallest absolute Gasteiger partial charge is 0.122 e. The van der Waals surface area contributed by atoms with Gasteiger partial charge in [-0.3, -0.25) is 0 Å². The molecule has 0 aliphatic carbocycles. The third-order valence-electron chi connectivity index (χ3n) is 3.62. The summed E-state index contributed by atoms with van der Waals surface area (Å²) < 4.78 is 10.8. The molecule has 23 heavy (non-hydrogen) atoms. The second-order valence-electron chi connectivity index (χ2n) is 5.34. The molecule has 124 valence electrons. The number of hydrogen-bond acceptors (Lipinski definition) is 3. The zero-order valence-corrected chi connectivity index (χ0v) is 15.1. The predicted molar refractivity (Wildman–Crippen MR) is 96.2 cm³/mol. The highest BCUT2D eigenvalue weighted by Gasteiger charge is 2.08. The van der Waals surface area contributed by atoms with Crippen LogP contribution in [0.5, 0.6) is 11.5 Å². The number of ether oxygens (including phenoxy) is 2. The van der Waals surface area contributed by atoms with Gasteiger partial charge in [-0.25, -0.2) is 0 Å². The first-order valence-corrected chi connectivity index (χ1v) is 8.16. The Labute approximate surface area is 147 Å². The van der Waals surface area contributed by atoms with E-state index < -0.39 is 0 Å². The van der Waals surface area contributed by atoms with Gasteiger partial charge in [0.05, 0.1) is 14.2 Å². The van der Waals surface area contributed by atoms with E-state index in [-0.39, 0.29) is 0 Å². The lowest BCUT2D eigenvalue weighted by Gasteiger charge is -2.13. The van der Waals surface area contributed by atoms with Gasteiger partial charge in [0, 0.05) is 16.6 Å². The van der Waals surface area contributed by atoms with E-state index in [4.69, 9.17) is 32.7 Å². The normalized spacial score (nSPS) is 10.7. The highest BCUT2D eigenvalue weighted by molar-refractivity contribution is 6.34. The van der Waals surface area contributed by atoms with Crippen LogP contribution in [0.4, 0.5) is 0 Å². The molecule has 2 aromatic rings. The first-order valence-electron chi connectivity index (χ1n) is 7.40. The van der Waals surface area contributed by atoms with Crippen molar-refractivity contribution in [3.63, 3.8) is 0 Å². The second kappa shape index (κ2) is 8.44. The lowest BCUT2D eigenvalue weighted by molar-refractivity contribution is 0.396. The molecule has 5 heteroatoms. The van der Waals surface area contributed by atoms with Crippen LogP contribution in [0.15, 0.2) is 30.3 Å². The molecule has 2 rings (SSSR count). The summed E-state index contributed by atoms with van der Waals surface area (Å²) in [5, 5.41) is 4.70. The summed E-state index contributed by atoms with van der Waals surface area (Å²) in [6.07, 6.45) is 0.841. The predicted octanol–water partition coefficient (Wildman–Crippen LogP) is 4.65. The quantitative estimate of drug-likeness (QED) is 0.734. The van der Waals surface area contributed by atoms with E-state index in [0.717, 1.165) is 41.2 Å². The molecule has 2 aromatic carbocycles. The van der Waals surface area contributed by atoms with Gasteiger partial charge in [-0.15, -0.1) is 0 Å². The molecule has 0 saturated carbocycles. The van der Waals surface area contributed by atoms with Crippen molar-refractivity contribution >= 4 is 23.2 Å². The summed E-state index contributed by atoms with van der Waals surface area (Å²) in [7, 11) is 3.37. The Kier molecular flexibility index (Phi) is 6.58. The first kappa shape index (κ1) is 17.9. The van der Waals surface area contributed by atoms with E-state index in [1.165, 1.54) is 0 Å². The maximum Gasteiger partial charge on any atom is 0.122 e.